The third-order valence-corrected chi connectivity index (χ3v) is 3.52. The maximum atomic E-state index is 13.5. The van der Waals surface area contributed by atoms with E-state index < -0.39 is 0 Å². The molecule has 2 aromatic rings. The first-order chi connectivity index (χ1) is 9.81. The summed E-state index contributed by atoms with van der Waals surface area (Å²) in [7, 11) is 0. The molecule has 1 fully saturated rings. The van der Waals surface area contributed by atoms with E-state index in [9.17, 15) is 4.39 Å². The Kier molecular flexibility index (Phi) is 3.97. The normalized spacial score (nSPS) is 18.9. The number of aromatic nitrogens is 2. The monoisotopic (exact) mass is 275 g/mol. The third-order valence-electron chi connectivity index (χ3n) is 3.52. The number of para-hydroxylation sites is 1. The van der Waals surface area contributed by atoms with E-state index in [1.165, 1.54) is 18.9 Å². The molecule has 1 aromatic heterocycles. The SMILES string of the molecule is Fc1ccccc1Oc1cnn(CC2CCCNC2)c1. The van der Waals surface area contributed by atoms with Gasteiger partial charge in [0.15, 0.2) is 17.3 Å². The molecule has 1 unspecified atom stereocenters. The van der Waals surface area contributed by atoms with Gasteiger partial charge in [0.2, 0.25) is 0 Å². The molecule has 1 N–H and O–H groups in total. The Morgan fingerprint density at radius 2 is 2.30 bits per heavy atom. The van der Waals surface area contributed by atoms with Gasteiger partial charge >= 0.3 is 0 Å². The van der Waals surface area contributed by atoms with Gasteiger partial charge in [-0.1, -0.05) is 12.1 Å². The zero-order valence-electron chi connectivity index (χ0n) is 11.3. The summed E-state index contributed by atoms with van der Waals surface area (Å²) in [6.45, 7) is 3.01. The summed E-state index contributed by atoms with van der Waals surface area (Å²) in [4.78, 5) is 0. The average Bonchev–Trinajstić information content (AvgIpc) is 2.90. The molecule has 1 aliphatic rings. The Balaban J connectivity index is 1.63. The maximum absolute atomic E-state index is 13.5. The average molecular weight is 275 g/mol. The second-order valence-corrected chi connectivity index (χ2v) is 5.14. The van der Waals surface area contributed by atoms with Crippen molar-refractivity contribution < 1.29 is 9.13 Å². The molecule has 1 atom stereocenters. The smallest absolute Gasteiger partial charge is 0.165 e. The van der Waals surface area contributed by atoms with E-state index in [-0.39, 0.29) is 11.6 Å². The lowest BCUT2D eigenvalue weighted by Gasteiger charge is -2.22. The summed E-state index contributed by atoms with van der Waals surface area (Å²) in [5.41, 5.74) is 0. The van der Waals surface area contributed by atoms with Gasteiger partial charge in [0.25, 0.3) is 0 Å². The van der Waals surface area contributed by atoms with Crippen molar-refractivity contribution in [2.45, 2.75) is 19.4 Å². The van der Waals surface area contributed by atoms with E-state index in [0.29, 0.717) is 11.7 Å². The second-order valence-electron chi connectivity index (χ2n) is 5.14. The van der Waals surface area contributed by atoms with Crippen LogP contribution in [0, 0.1) is 11.7 Å². The highest BCUT2D eigenvalue weighted by Crippen LogP contribution is 2.23. The summed E-state index contributed by atoms with van der Waals surface area (Å²) in [6, 6.07) is 6.38. The minimum Gasteiger partial charge on any atom is -0.451 e. The number of benzene rings is 1. The largest absolute Gasteiger partial charge is 0.451 e. The predicted octanol–water partition coefficient (Wildman–Crippen LogP) is 2.81. The van der Waals surface area contributed by atoms with Crippen LogP contribution in [-0.4, -0.2) is 22.9 Å². The molecule has 1 aromatic carbocycles. The minimum absolute atomic E-state index is 0.228. The summed E-state index contributed by atoms with van der Waals surface area (Å²) in [6.07, 6.45) is 5.88. The highest BCUT2D eigenvalue weighted by Gasteiger charge is 2.14. The highest BCUT2D eigenvalue weighted by atomic mass is 19.1. The van der Waals surface area contributed by atoms with Crippen LogP contribution in [0.5, 0.6) is 11.5 Å². The Morgan fingerprint density at radius 3 is 3.10 bits per heavy atom. The van der Waals surface area contributed by atoms with Gasteiger partial charge in [0.1, 0.15) is 0 Å². The molecule has 0 aliphatic carbocycles. The standard InChI is InChI=1S/C15H18FN3O/c16-14-5-1-2-6-15(14)20-13-9-18-19(11-13)10-12-4-3-7-17-8-12/h1-2,5-6,9,11-12,17H,3-4,7-8,10H2. The van der Waals surface area contributed by atoms with Gasteiger partial charge in [-0.3, -0.25) is 4.68 Å². The lowest BCUT2D eigenvalue weighted by atomic mass is 10.00. The fourth-order valence-corrected chi connectivity index (χ4v) is 2.50. The molecule has 4 nitrogen and oxygen atoms in total. The van der Waals surface area contributed by atoms with Gasteiger partial charge in [-0.25, -0.2) is 4.39 Å². The van der Waals surface area contributed by atoms with Gasteiger partial charge in [0.05, 0.1) is 12.4 Å². The first-order valence-electron chi connectivity index (χ1n) is 6.97. The number of hydrogen-bond acceptors (Lipinski definition) is 3. The van der Waals surface area contributed by atoms with Crippen molar-refractivity contribution in [3.05, 3.63) is 42.5 Å². The fourth-order valence-electron chi connectivity index (χ4n) is 2.50. The van der Waals surface area contributed by atoms with Crippen LogP contribution >= 0.6 is 0 Å². The topological polar surface area (TPSA) is 39.1 Å². The van der Waals surface area contributed by atoms with E-state index in [2.05, 4.69) is 10.4 Å². The second kappa shape index (κ2) is 6.05. The van der Waals surface area contributed by atoms with Gasteiger partial charge in [0, 0.05) is 6.54 Å². The van der Waals surface area contributed by atoms with Crippen LogP contribution in [0.2, 0.25) is 0 Å². The summed E-state index contributed by atoms with van der Waals surface area (Å²) < 4.78 is 20.9. The molecular formula is C15H18FN3O. The lowest BCUT2D eigenvalue weighted by molar-refractivity contribution is 0.324. The van der Waals surface area contributed by atoms with E-state index in [1.54, 1.807) is 24.4 Å². The van der Waals surface area contributed by atoms with Gasteiger partial charge in [-0.15, -0.1) is 0 Å². The molecule has 0 spiro atoms. The molecule has 2 heterocycles. The number of ether oxygens (including phenoxy) is 1. The van der Waals surface area contributed by atoms with Crippen molar-refractivity contribution in [3.8, 4) is 11.5 Å². The number of nitrogens with one attached hydrogen (secondary N) is 1. The molecule has 0 radical (unpaired) electrons. The number of rotatable bonds is 4. The van der Waals surface area contributed by atoms with Crippen molar-refractivity contribution >= 4 is 0 Å². The Morgan fingerprint density at radius 1 is 1.40 bits per heavy atom. The molecule has 0 saturated carbocycles. The predicted molar refractivity (Wildman–Crippen MR) is 74.3 cm³/mol. The van der Waals surface area contributed by atoms with Crippen molar-refractivity contribution in [3.63, 3.8) is 0 Å². The van der Waals surface area contributed by atoms with Crippen molar-refractivity contribution in [1.82, 2.24) is 15.1 Å². The first-order valence-corrected chi connectivity index (χ1v) is 6.97. The molecule has 20 heavy (non-hydrogen) atoms. The summed E-state index contributed by atoms with van der Waals surface area (Å²) >= 11 is 0. The quantitative estimate of drug-likeness (QED) is 0.932. The Bertz CT molecular complexity index is 564. The zero-order valence-corrected chi connectivity index (χ0v) is 11.3. The number of halogens is 1. The zero-order chi connectivity index (χ0) is 13.8. The Hall–Kier alpha value is -1.88. The van der Waals surface area contributed by atoms with Crippen molar-refractivity contribution in [2.75, 3.05) is 13.1 Å². The highest BCUT2D eigenvalue weighted by molar-refractivity contribution is 5.29. The van der Waals surface area contributed by atoms with Crippen LogP contribution < -0.4 is 10.1 Å². The molecule has 5 heteroatoms. The van der Waals surface area contributed by atoms with Crippen LogP contribution in [-0.2, 0) is 6.54 Å². The lowest BCUT2D eigenvalue weighted by Crippen LogP contribution is -2.32. The van der Waals surface area contributed by atoms with Crippen LogP contribution in [0.1, 0.15) is 12.8 Å². The fraction of sp³-hybridized carbons (Fsp3) is 0.400. The van der Waals surface area contributed by atoms with E-state index in [0.717, 1.165) is 19.6 Å². The van der Waals surface area contributed by atoms with E-state index in [4.69, 9.17) is 4.74 Å². The van der Waals surface area contributed by atoms with Crippen LogP contribution in [0.3, 0.4) is 0 Å². The molecule has 106 valence electrons. The summed E-state index contributed by atoms with van der Waals surface area (Å²) in [5.74, 6) is 1.03. The van der Waals surface area contributed by atoms with Gasteiger partial charge < -0.3 is 10.1 Å². The molecule has 3 rings (SSSR count). The van der Waals surface area contributed by atoms with E-state index >= 15 is 0 Å². The number of hydrogen-bond donors (Lipinski definition) is 1. The summed E-state index contributed by atoms with van der Waals surface area (Å²) in [5, 5.41) is 7.66. The molecule has 1 saturated heterocycles. The molecule has 0 amide bonds. The van der Waals surface area contributed by atoms with Crippen molar-refractivity contribution in [1.29, 1.82) is 0 Å². The van der Waals surface area contributed by atoms with Gasteiger partial charge in [-0.05, 0) is 44.0 Å². The van der Waals surface area contributed by atoms with Crippen LogP contribution in [0.4, 0.5) is 4.39 Å². The van der Waals surface area contributed by atoms with Crippen LogP contribution in [0.15, 0.2) is 36.7 Å². The van der Waals surface area contributed by atoms with E-state index in [1.807, 2.05) is 10.9 Å². The Labute approximate surface area is 117 Å². The first kappa shape index (κ1) is 13.1. The number of piperidine rings is 1. The maximum Gasteiger partial charge on any atom is 0.165 e. The number of nitrogens with zero attached hydrogens (tertiary/aromatic N) is 2. The third kappa shape index (κ3) is 3.17. The van der Waals surface area contributed by atoms with Crippen LogP contribution in [0.25, 0.3) is 0 Å². The minimum atomic E-state index is -0.364. The molecule has 0 bridgehead atoms. The van der Waals surface area contributed by atoms with Gasteiger partial charge in [-0.2, -0.15) is 5.10 Å². The molecular weight excluding hydrogens is 257 g/mol. The molecule has 1 aliphatic heterocycles. The van der Waals surface area contributed by atoms with Crippen molar-refractivity contribution in [2.24, 2.45) is 5.92 Å².